The van der Waals surface area contributed by atoms with E-state index >= 15 is 0 Å². The molecule has 9 heteroatoms. The Labute approximate surface area is 180 Å². The summed E-state index contributed by atoms with van der Waals surface area (Å²) >= 11 is 5.93. The first-order valence-electron chi connectivity index (χ1n) is 9.33. The van der Waals surface area contributed by atoms with Crippen LogP contribution < -0.4 is 0 Å². The average Bonchev–Trinajstić information content (AvgIpc) is 2.88. The van der Waals surface area contributed by atoms with E-state index in [2.05, 4.69) is 5.73 Å². The van der Waals surface area contributed by atoms with E-state index in [0.717, 1.165) is 24.5 Å². The van der Waals surface area contributed by atoms with Gasteiger partial charge < -0.3 is 0 Å². The van der Waals surface area contributed by atoms with Gasteiger partial charge in [0.25, 0.3) is 0 Å². The highest BCUT2D eigenvalue weighted by molar-refractivity contribution is 7.96. The van der Waals surface area contributed by atoms with Crippen LogP contribution >= 0.6 is 11.6 Å². The van der Waals surface area contributed by atoms with Crippen molar-refractivity contribution in [1.82, 2.24) is 0 Å². The van der Waals surface area contributed by atoms with E-state index in [1.165, 1.54) is 24.3 Å². The Balaban J connectivity index is 2.12. The van der Waals surface area contributed by atoms with Crippen LogP contribution in [0.15, 0.2) is 58.2 Å². The van der Waals surface area contributed by atoms with Crippen molar-refractivity contribution in [3.63, 3.8) is 0 Å². The van der Waals surface area contributed by atoms with Gasteiger partial charge in [-0.05, 0) is 74.1 Å². The van der Waals surface area contributed by atoms with Crippen LogP contribution in [0.25, 0.3) is 0 Å². The summed E-state index contributed by atoms with van der Waals surface area (Å²) in [6.45, 7) is 0. The zero-order valence-corrected chi connectivity index (χ0v) is 18.6. The monoisotopic (exact) mass is 474 g/mol. The molecule has 0 spiro atoms. The predicted octanol–water partition coefficient (Wildman–Crippen LogP) is 4.54. The standard InChI is InChI=1S/C21H21ClF2O4S2/c1-29(25,26)14-15-9-11-21(12-10-15,19-13-17(23)6-8-20(19)24)30(27,28)18-4-2-3-16(22)5-7-18/h2-3,5-8,13,15H,9-12,14H2,1H3. The molecule has 1 aromatic carbocycles. The van der Waals surface area contributed by atoms with Gasteiger partial charge in [-0.2, -0.15) is 0 Å². The third kappa shape index (κ3) is 4.62. The second kappa shape index (κ2) is 8.42. The Morgan fingerprint density at radius 2 is 1.80 bits per heavy atom. The van der Waals surface area contributed by atoms with Crippen LogP contribution in [0.3, 0.4) is 0 Å². The molecule has 0 heterocycles. The second-order valence-electron chi connectivity index (χ2n) is 7.72. The van der Waals surface area contributed by atoms with Crippen LogP contribution in [0.4, 0.5) is 8.78 Å². The molecule has 0 amide bonds. The Bertz CT molecular complexity index is 1180. The molecule has 0 aliphatic heterocycles. The molecule has 3 rings (SSSR count). The molecule has 162 valence electrons. The Hall–Kier alpha value is -1.73. The maximum absolute atomic E-state index is 14.8. The van der Waals surface area contributed by atoms with Gasteiger partial charge in [-0.25, -0.2) is 25.6 Å². The third-order valence-electron chi connectivity index (χ3n) is 5.54. The zero-order valence-electron chi connectivity index (χ0n) is 16.2. The molecule has 0 radical (unpaired) electrons. The number of allylic oxidation sites excluding steroid dienone is 4. The molecule has 0 bridgehead atoms. The topological polar surface area (TPSA) is 68.3 Å². The summed E-state index contributed by atoms with van der Waals surface area (Å²) in [7, 11) is -7.46. The largest absolute Gasteiger partial charge is 0.229 e. The van der Waals surface area contributed by atoms with Crippen molar-refractivity contribution >= 4 is 31.3 Å². The highest BCUT2D eigenvalue weighted by Gasteiger charge is 2.50. The fourth-order valence-electron chi connectivity index (χ4n) is 4.11. The molecule has 0 atom stereocenters. The number of hydrogen-bond donors (Lipinski definition) is 0. The van der Waals surface area contributed by atoms with Gasteiger partial charge in [0, 0.05) is 16.9 Å². The van der Waals surface area contributed by atoms with Gasteiger partial charge in [0.1, 0.15) is 31.1 Å². The van der Waals surface area contributed by atoms with Gasteiger partial charge >= 0.3 is 0 Å². The van der Waals surface area contributed by atoms with Gasteiger partial charge in [-0.3, -0.25) is 0 Å². The average molecular weight is 475 g/mol. The smallest absolute Gasteiger partial charge is 0.195 e. The first kappa shape index (κ1) is 22.9. The number of halogens is 3. The van der Waals surface area contributed by atoms with Crippen LogP contribution in [0.5, 0.6) is 0 Å². The lowest BCUT2D eigenvalue weighted by molar-refractivity contribution is 0.304. The van der Waals surface area contributed by atoms with Crippen LogP contribution in [-0.2, 0) is 24.4 Å². The Morgan fingerprint density at radius 1 is 1.13 bits per heavy atom. The van der Waals surface area contributed by atoms with Gasteiger partial charge in [0.05, 0.1) is 5.75 Å². The van der Waals surface area contributed by atoms with E-state index in [0.29, 0.717) is 5.03 Å². The molecule has 0 unspecified atom stereocenters. The molecule has 2 aliphatic rings. The number of hydrogen-bond acceptors (Lipinski definition) is 4. The molecular weight excluding hydrogens is 454 g/mol. The van der Waals surface area contributed by atoms with Crippen molar-refractivity contribution in [3.8, 4) is 0 Å². The van der Waals surface area contributed by atoms with E-state index in [1.54, 1.807) is 0 Å². The Morgan fingerprint density at radius 3 is 2.43 bits per heavy atom. The van der Waals surface area contributed by atoms with Gasteiger partial charge in [-0.1, -0.05) is 11.6 Å². The molecule has 1 fully saturated rings. The Kier molecular flexibility index (Phi) is 6.44. The summed E-state index contributed by atoms with van der Waals surface area (Å²) in [6.07, 6.45) is 7.09. The molecule has 0 N–H and O–H groups in total. The van der Waals surface area contributed by atoms with E-state index in [4.69, 9.17) is 11.6 Å². The SMILES string of the molecule is CS(=O)(=O)CC1CCC(c2cc(F)ccc2F)(S(=O)(=O)C2=C=CC=C(Cl)C=C2)CC1. The number of benzene rings is 1. The summed E-state index contributed by atoms with van der Waals surface area (Å²) < 4.78 is 77.9. The minimum absolute atomic E-state index is 0.0317. The zero-order chi connectivity index (χ0) is 22.2. The molecule has 0 aromatic heterocycles. The van der Waals surface area contributed by atoms with Gasteiger partial charge in [0.15, 0.2) is 9.84 Å². The molecule has 1 aromatic rings. The predicted molar refractivity (Wildman–Crippen MR) is 113 cm³/mol. The first-order chi connectivity index (χ1) is 13.9. The summed E-state index contributed by atoms with van der Waals surface area (Å²) in [5.74, 6) is -1.88. The normalized spacial score (nSPS) is 24.9. The number of sulfone groups is 2. The quantitative estimate of drug-likeness (QED) is 0.587. The highest BCUT2D eigenvalue weighted by Crippen LogP contribution is 2.49. The first-order valence-corrected chi connectivity index (χ1v) is 13.3. The van der Waals surface area contributed by atoms with Crippen molar-refractivity contribution in [2.24, 2.45) is 5.92 Å². The molecule has 30 heavy (non-hydrogen) atoms. The molecular formula is C21H21ClF2O4S2. The molecule has 4 nitrogen and oxygen atoms in total. The lowest BCUT2D eigenvalue weighted by atomic mass is 9.78. The van der Waals surface area contributed by atoms with Crippen molar-refractivity contribution in [1.29, 1.82) is 0 Å². The minimum atomic E-state index is -4.21. The highest BCUT2D eigenvalue weighted by atomic mass is 35.5. The molecule has 1 saturated carbocycles. The van der Waals surface area contributed by atoms with E-state index in [9.17, 15) is 25.6 Å². The number of rotatable bonds is 5. The summed E-state index contributed by atoms with van der Waals surface area (Å²) in [4.78, 5) is -0.181. The van der Waals surface area contributed by atoms with Crippen molar-refractivity contribution in [3.05, 3.63) is 75.4 Å². The van der Waals surface area contributed by atoms with E-state index in [1.807, 2.05) is 0 Å². The van der Waals surface area contributed by atoms with Crippen molar-refractivity contribution < 1.29 is 25.6 Å². The molecule has 0 saturated heterocycles. The maximum Gasteiger partial charge on any atom is 0.195 e. The maximum atomic E-state index is 14.8. The lowest BCUT2D eigenvalue weighted by Gasteiger charge is -2.40. The van der Waals surface area contributed by atoms with E-state index < -0.39 is 36.1 Å². The fraction of sp³-hybridized carbons (Fsp3) is 0.381. The van der Waals surface area contributed by atoms with Crippen LogP contribution in [0.2, 0.25) is 0 Å². The van der Waals surface area contributed by atoms with Gasteiger partial charge in [0.2, 0.25) is 0 Å². The second-order valence-corrected chi connectivity index (χ2v) is 12.6. The van der Waals surface area contributed by atoms with Crippen molar-refractivity contribution in [2.75, 3.05) is 12.0 Å². The summed E-state index contributed by atoms with van der Waals surface area (Å²) in [5.41, 5.74) is 2.43. The van der Waals surface area contributed by atoms with E-state index in [-0.39, 0.29) is 47.8 Å². The summed E-state index contributed by atoms with van der Waals surface area (Å²) in [5, 5.41) is 0.301. The van der Waals surface area contributed by atoms with Crippen LogP contribution in [0, 0.1) is 17.6 Å². The van der Waals surface area contributed by atoms with Crippen LogP contribution in [0.1, 0.15) is 31.2 Å². The minimum Gasteiger partial charge on any atom is -0.229 e. The fourth-order valence-corrected chi connectivity index (χ4v) is 7.53. The lowest BCUT2D eigenvalue weighted by Crippen LogP contribution is -2.41. The molecule has 2 aliphatic carbocycles. The summed E-state index contributed by atoms with van der Waals surface area (Å²) in [6, 6.07) is 2.76. The van der Waals surface area contributed by atoms with Gasteiger partial charge in [-0.15, -0.1) is 5.73 Å². The van der Waals surface area contributed by atoms with Crippen molar-refractivity contribution in [2.45, 2.75) is 30.4 Å². The van der Waals surface area contributed by atoms with Crippen LogP contribution in [-0.4, -0.2) is 28.8 Å². The third-order valence-corrected chi connectivity index (χ3v) is 9.36.